The lowest BCUT2D eigenvalue weighted by Gasteiger charge is -2.30. The fourth-order valence-corrected chi connectivity index (χ4v) is 5.20. The van der Waals surface area contributed by atoms with Crippen molar-refractivity contribution < 1.29 is 14.6 Å². The lowest BCUT2D eigenvalue weighted by atomic mass is 10.0. The third-order valence-electron chi connectivity index (χ3n) is 5.81. The molecule has 0 saturated heterocycles. The Bertz CT molecular complexity index is 1280. The highest BCUT2D eigenvalue weighted by molar-refractivity contribution is 7.13. The summed E-state index contributed by atoms with van der Waals surface area (Å²) in [4.78, 5) is 15.0. The van der Waals surface area contributed by atoms with Gasteiger partial charge in [-0.1, -0.05) is 48.5 Å². The molecule has 1 N–H and O–H groups in total. The first-order valence-corrected chi connectivity index (χ1v) is 11.8. The number of carboxylic acids is 1. The van der Waals surface area contributed by atoms with Crippen molar-refractivity contribution in [2.45, 2.75) is 33.0 Å². The third-order valence-corrected chi connectivity index (χ3v) is 6.87. The van der Waals surface area contributed by atoms with Crippen LogP contribution in [-0.4, -0.2) is 27.4 Å². The number of ether oxygens (including phenoxy) is 1. The molecule has 0 radical (unpaired) electrons. The van der Waals surface area contributed by atoms with Gasteiger partial charge in [-0.2, -0.15) is 5.10 Å². The van der Waals surface area contributed by atoms with Crippen LogP contribution in [0.5, 0.6) is 5.75 Å². The Morgan fingerprint density at radius 1 is 1.06 bits per heavy atom. The Morgan fingerprint density at radius 3 is 2.64 bits per heavy atom. The molecule has 0 aliphatic carbocycles. The Kier molecular flexibility index (Phi) is 5.88. The van der Waals surface area contributed by atoms with Crippen LogP contribution in [0.4, 0.5) is 5.82 Å². The summed E-state index contributed by atoms with van der Waals surface area (Å²) in [5, 5.41) is 14.1. The number of rotatable bonds is 7. The predicted molar refractivity (Wildman–Crippen MR) is 130 cm³/mol. The van der Waals surface area contributed by atoms with E-state index in [-0.39, 0.29) is 0 Å². The van der Waals surface area contributed by atoms with E-state index in [0.29, 0.717) is 18.0 Å². The van der Waals surface area contributed by atoms with E-state index in [0.717, 1.165) is 58.3 Å². The highest BCUT2D eigenvalue weighted by Gasteiger charge is 2.27. The zero-order valence-electron chi connectivity index (χ0n) is 18.4. The van der Waals surface area contributed by atoms with E-state index in [1.54, 1.807) is 6.07 Å². The van der Waals surface area contributed by atoms with Crippen LogP contribution in [0.15, 0.2) is 66.7 Å². The number of hydrogen-bond donors (Lipinski definition) is 1. The summed E-state index contributed by atoms with van der Waals surface area (Å²) in [5.74, 6) is 1.02. The number of aromatic nitrogens is 2. The summed E-state index contributed by atoms with van der Waals surface area (Å²) in [7, 11) is 0. The largest absolute Gasteiger partial charge is 0.488 e. The highest BCUT2D eigenvalue weighted by Crippen LogP contribution is 2.41. The molecule has 0 fully saturated rings. The Balaban J connectivity index is 1.49. The molecular weight excluding hydrogens is 434 g/mol. The van der Waals surface area contributed by atoms with Gasteiger partial charge in [0.1, 0.15) is 23.1 Å². The van der Waals surface area contributed by atoms with E-state index in [1.807, 2.05) is 49.4 Å². The van der Waals surface area contributed by atoms with E-state index < -0.39 is 5.97 Å². The molecule has 0 atom stereocenters. The van der Waals surface area contributed by atoms with Crippen molar-refractivity contribution in [2.75, 3.05) is 11.4 Å². The van der Waals surface area contributed by atoms with Gasteiger partial charge in [0, 0.05) is 23.5 Å². The zero-order chi connectivity index (χ0) is 22.8. The summed E-state index contributed by atoms with van der Waals surface area (Å²) in [5.41, 5.74) is 4.18. The Morgan fingerprint density at radius 2 is 1.85 bits per heavy atom. The number of carbonyl (C=O) groups is 1. The molecule has 2 aromatic heterocycles. The Hall–Kier alpha value is -3.58. The second-order valence-corrected chi connectivity index (χ2v) is 9.29. The van der Waals surface area contributed by atoms with Gasteiger partial charge >= 0.3 is 5.97 Å². The van der Waals surface area contributed by atoms with E-state index in [2.05, 4.69) is 27.8 Å². The average Bonchev–Trinajstić information content (AvgIpc) is 3.43. The first-order valence-electron chi connectivity index (χ1n) is 11.0. The van der Waals surface area contributed by atoms with Crippen molar-refractivity contribution in [2.24, 2.45) is 0 Å². The molecule has 7 heteroatoms. The number of hydrogen-bond acceptors (Lipinski definition) is 5. The standard InChI is InChI=1S/C26H25N3O3S/c1-18-24(21-10-5-6-11-22(21)32-17-19-8-3-2-4-9-19)25-28(14-7-15-29(25)27-18)16-20-12-13-23(33-20)26(30)31/h2-6,8-13H,7,14-17H2,1H3,(H,30,31). The number of nitrogens with zero attached hydrogens (tertiary/aromatic N) is 3. The minimum atomic E-state index is -0.879. The molecule has 33 heavy (non-hydrogen) atoms. The summed E-state index contributed by atoms with van der Waals surface area (Å²) < 4.78 is 8.33. The zero-order valence-corrected chi connectivity index (χ0v) is 19.2. The van der Waals surface area contributed by atoms with E-state index >= 15 is 0 Å². The van der Waals surface area contributed by atoms with Crippen molar-refractivity contribution in [3.8, 4) is 16.9 Å². The van der Waals surface area contributed by atoms with Crippen LogP contribution < -0.4 is 9.64 Å². The molecule has 5 rings (SSSR count). The quantitative estimate of drug-likeness (QED) is 0.389. The monoisotopic (exact) mass is 459 g/mol. The number of fused-ring (bicyclic) bond motifs is 1. The molecule has 0 spiro atoms. The van der Waals surface area contributed by atoms with Gasteiger partial charge in [0.25, 0.3) is 0 Å². The van der Waals surface area contributed by atoms with Gasteiger partial charge in [-0.15, -0.1) is 11.3 Å². The number of thiophene rings is 1. The van der Waals surface area contributed by atoms with Crippen LogP contribution >= 0.6 is 11.3 Å². The van der Waals surface area contributed by atoms with Crippen LogP contribution in [0.3, 0.4) is 0 Å². The molecule has 3 heterocycles. The number of benzene rings is 2. The molecule has 0 unspecified atom stereocenters. The molecule has 6 nitrogen and oxygen atoms in total. The molecule has 1 aliphatic rings. The highest BCUT2D eigenvalue weighted by atomic mass is 32.1. The topological polar surface area (TPSA) is 67.6 Å². The number of aryl methyl sites for hydroxylation is 2. The number of anilines is 1. The van der Waals surface area contributed by atoms with Crippen molar-refractivity contribution >= 4 is 23.1 Å². The second kappa shape index (κ2) is 9.11. The molecule has 0 amide bonds. The minimum Gasteiger partial charge on any atom is -0.488 e. The fraction of sp³-hybridized carbons (Fsp3) is 0.231. The predicted octanol–water partition coefficient (Wildman–Crippen LogP) is 5.61. The maximum absolute atomic E-state index is 11.3. The van der Waals surface area contributed by atoms with Crippen molar-refractivity contribution in [3.05, 3.63) is 87.7 Å². The van der Waals surface area contributed by atoms with Crippen LogP contribution in [0, 0.1) is 6.92 Å². The molecule has 168 valence electrons. The number of para-hydroxylation sites is 1. The van der Waals surface area contributed by atoms with E-state index in [1.165, 1.54) is 11.3 Å². The lowest BCUT2D eigenvalue weighted by Crippen LogP contribution is -2.31. The average molecular weight is 460 g/mol. The van der Waals surface area contributed by atoms with Crippen LogP contribution in [0.25, 0.3) is 11.1 Å². The molecule has 2 aromatic carbocycles. The second-order valence-electron chi connectivity index (χ2n) is 8.12. The molecule has 4 aromatic rings. The van der Waals surface area contributed by atoms with Gasteiger partial charge in [0.2, 0.25) is 0 Å². The first-order chi connectivity index (χ1) is 16.1. The van der Waals surface area contributed by atoms with E-state index in [9.17, 15) is 9.90 Å². The van der Waals surface area contributed by atoms with Crippen LogP contribution in [0.1, 0.15) is 32.2 Å². The SMILES string of the molecule is Cc1nn2c(c1-c1ccccc1OCc1ccccc1)N(Cc1ccc(C(=O)O)s1)CCC2. The fourth-order valence-electron chi connectivity index (χ4n) is 4.33. The summed E-state index contributed by atoms with van der Waals surface area (Å²) >= 11 is 1.33. The first kappa shape index (κ1) is 21.3. The van der Waals surface area contributed by atoms with E-state index in [4.69, 9.17) is 9.84 Å². The normalized spacial score (nSPS) is 13.1. The summed E-state index contributed by atoms with van der Waals surface area (Å²) in [6.07, 6.45) is 0.997. The molecule has 0 saturated carbocycles. The van der Waals surface area contributed by atoms with Crippen LogP contribution in [-0.2, 0) is 19.7 Å². The molecular formula is C26H25N3O3S. The van der Waals surface area contributed by atoms with Crippen molar-refractivity contribution in [1.29, 1.82) is 0 Å². The maximum Gasteiger partial charge on any atom is 0.345 e. The number of aromatic carboxylic acids is 1. The van der Waals surface area contributed by atoms with Crippen molar-refractivity contribution in [3.63, 3.8) is 0 Å². The van der Waals surface area contributed by atoms with Gasteiger partial charge in [-0.3, -0.25) is 0 Å². The van der Waals surface area contributed by atoms with Gasteiger partial charge in [0.15, 0.2) is 0 Å². The Labute approximate surface area is 196 Å². The van der Waals surface area contributed by atoms with Gasteiger partial charge in [-0.05, 0) is 37.1 Å². The maximum atomic E-state index is 11.3. The third kappa shape index (κ3) is 4.36. The van der Waals surface area contributed by atoms with Crippen molar-refractivity contribution in [1.82, 2.24) is 9.78 Å². The lowest BCUT2D eigenvalue weighted by molar-refractivity contribution is 0.0702. The van der Waals surface area contributed by atoms with Gasteiger partial charge in [0.05, 0.1) is 17.8 Å². The minimum absolute atomic E-state index is 0.367. The summed E-state index contributed by atoms with van der Waals surface area (Å²) in [6, 6.07) is 21.9. The smallest absolute Gasteiger partial charge is 0.345 e. The van der Waals surface area contributed by atoms with Gasteiger partial charge in [-0.25, -0.2) is 9.48 Å². The summed E-state index contributed by atoms with van der Waals surface area (Å²) in [6.45, 7) is 4.96. The van der Waals surface area contributed by atoms with Gasteiger partial charge < -0.3 is 14.7 Å². The number of carboxylic acid groups (broad SMARTS) is 1. The molecule has 0 bridgehead atoms. The van der Waals surface area contributed by atoms with Crippen LogP contribution in [0.2, 0.25) is 0 Å². The molecule has 1 aliphatic heterocycles.